The number of nitrogens with two attached hydrogens (primary N) is 1. The number of nitrogens with one attached hydrogen (secondary N) is 1. The molecular weight excluding hydrogens is 308 g/mol. The Morgan fingerprint density at radius 3 is 2.67 bits per heavy atom. The van der Waals surface area contributed by atoms with Crippen molar-refractivity contribution in [3.05, 3.63) is 40.4 Å². The highest BCUT2D eigenvalue weighted by Gasteiger charge is 2.08. The summed E-state index contributed by atoms with van der Waals surface area (Å²) >= 11 is 1.41. The number of aromatic nitrogens is 2. The number of anilines is 1. The molecule has 0 radical (unpaired) electrons. The Balaban J connectivity index is 0.00000220. The lowest BCUT2D eigenvalue weighted by Gasteiger charge is -1.99. The molecule has 2 rings (SSSR count). The fourth-order valence-corrected chi connectivity index (χ4v) is 2.49. The normalized spacial score (nSPS) is 10.0. The summed E-state index contributed by atoms with van der Waals surface area (Å²) < 4.78 is 0. The van der Waals surface area contributed by atoms with Crippen LogP contribution in [-0.2, 0) is 11.2 Å². The summed E-state index contributed by atoms with van der Waals surface area (Å²) in [6, 6.07) is 8.31. The molecule has 2 aromatic rings. The Bertz CT molecular complexity index is 571. The lowest BCUT2D eigenvalue weighted by Crippen LogP contribution is -2.13. The van der Waals surface area contributed by atoms with E-state index in [4.69, 9.17) is 5.73 Å². The van der Waals surface area contributed by atoms with Gasteiger partial charge < -0.3 is 11.1 Å². The van der Waals surface area contributed by atoms with E-state index in [-0.39, 0.29) is 18.3 Å². The topological polar surface area (TPSA) is 80.9 Å². The molecule has 1 aromatic carbocycles. The molecule has 5 nitrogen and oxygen atoms in total. The Morgan fingerprint density at radius 2 is 2.00 bits per heavy atom. The Morgan fingerprint density at radius 1 is 1.29 bits per heavy atom. The minimum absolute atomic E-state index is 0. The number of hydrogen-bond acceptors (Lipinski definition) is 5. The number of benzene rings is 1. The van der Waals surface area contributed by atoms with Crippen LogP contribution in [0.15, 0.2) is 24.3 Å². The lowest BCUT2D eigenvalue weighted by atomic mass is 10.1. The molecule has 0 atom stereocenters. The average molecular weight is 327 g/mol. The van der Waals surface area contributed by atoms with Gasteiger partial charge in [0.15, 0.2) is 0 Å². The molecule has 0 saturated carbocycles. The van der Waals surface area contributed by atoms with E-state index in [9.17, 15) is 4.79 Å². The summed E-state index contributed by atoms with van der Waals surface area (Å²) in [6.45, 7) is 2.58. The van der Waals surface area contributed by atoms with Gasteiger partial charge in [0, 0.05) is 12.8 Å². The Hall–Kier alpha value is -1.50. The highest BCUT2D eigenvalue weighted by Crippen LogP contribution is 2.19. The molecule has 1 amide bonds. The highest BCUT2D eigenvalue weighted by atomic mass is 35.5. The zero-order valence-corrected chi connectivity index (χ0v) is 13.5. The van der Waals surface area contributed by atoms with Crippen LogP contribution in [0.4, 0.5) is 5.13 Å². The first-order chi connectivity index (χ1) is 9.67. The number of rotatable bonds is 6. The van der Waals surface area contributed by atoms with Crippen LogP contribution < -0.4 is 11.1 Å². The molecule has 0 saturated heterocycles. The van der Waals surface area contributed by atoms with Crippen LogP contribution in [0, 0.1) is 6.92 Å². The van der Waals surface area contributed by atoms with Gasteiger partial charge in [-0.3, -0.25) is 4.79 Å². The van der Waals surface area contributed by atoms with E-state index in [0.717, 1.165) is 11.4 Å². The molecule has 0 aliphatic rings. The number of carbonyl (C=O) groups excluding carboxylic acids is 1. The maximum atomic E-state index is 11.5. The number of aryl methyl sites for hydroxylation is 1. The van der Waals surface area contributed by atoms with Crippen molar-refractivity contribution in [2.45, 2.75) is 26.2 Å². The van der Waals surface area contributed by atoms with Crippen LogP contribution in [0.1, 0.15) is 29.0 Å². The summed E-state index contributed by atoms with van der Waals surface area (Å²) in [5, 5.41) is 12.3. The van der Waals surface area contributed by atoms with Crippen molar-refractivity contribution in [2.24, 2.45) is 5.73 Å². The van der Waals surface area contributed by atoms with E-state index in [2.05, 4.69) is 46.7 Å². The minimum atomic E-state index is -0.0616. The van der Waals surface area contributed by atoms with Gasteiger partial charge in [-0.1, -0.05) is 41.2 Å². The first-order valence-corrected chi connectivity index (χ1v) is 7.37. The summed E-state index contributed by atoms with van der Waals surface area (Å²) in [4.78, 5) is 11.5. The van der Waals surface area contributed by atoms with Gasteiger partial charge in [0.2, 0.25) is 11.0 Å². The van der Waals surface area contributed by atoms with Crippen molar-refractivity contribution in [2.75, 3.05) is 11.9 Å². The molecule has 21 heavy (non-hydrogen) atoms. The SMILES string of the molecule is Cc1ccc(Cc2nnc(NC(=O)CCCN)s2)cc1.Cl. The van der Waals surface area contributed by atoms with Gasteiger partial charge in [0.25, 0.3) is 0 Å². The fraction of sp³-hybridized carbons (Fsp3) is 0.357. The second-order valence-electron chi connectivity index (χ2n) is 4.60. The fourth-order valence-electron chi connectivity index (χ4n) is 1.70. The van der Waals surface area contributed by atoms with Gasteiger partial charge in [-0.25, -0.2) is 0 Å². The molecule has 114 valence electrons. The van der Waals surface area contributed by atoms with Crippen LogP contribution in [0.5, 0.6) is 0 Å². The smallest absolute Gasteiger partial charge is 0.226 e. The monoisotopic (exact) mass is 326 g/mol. The number of carbonyl (C=O) groups is 1. The van der Waals surface area contributed by atoms with E-state index in [1.807, 2.05) is 0 Å². The zero-order valence-electron chi connectivity index (χ0n) is 11.8. The van der Waals surface area contributed by atoms with E-state index >= 15 is 0 Å². The third kappa shape index (κ3) is 5.79. The van der Waals surface area contributed by atoms with Crippen LogP contribution >= 0.6 is 23.7 Å². The summed E-state index contributed by atoms with van der Waals surface area (Å²) in [5.41, 5.74) is 7.79. The molecule has 0 aliphatic heterocycles. The van der Waals surface area contributed by atoms with Gasteiger partial charge in [-0.15, -0.1) is 22.6 Å². The number of hydrogen-bond donors (Lipinski definition) is 2. The maximum Gasteiger partial charge on any atom is 0.226 e. The van der Waals surface area contributed by atoms with Crippen molar-refractivity contribution in [3.63, 3.8) is 0 Å². The first kappa shape index (κ1) is 17.6. The van der Waals surface area contributed by atoms with Gasteiger partial charge in [-0.05, 0) is 25.5 Å². The minimum Gasteiger partial charge on any atom is -0.330 e. The molecule has 3 N–H and O–H groups in total. The average Bonchev–Trinajstić information content (AvgIpc) is 2.86. The zero-order chi connectivity index (χ0) is 14.4. The van der Waals surface area contributed by atoms with Crippen LogP contribution in [0.2, 0.25) is 0 Å². The van der Waals surface area contributed by atoms with Gasteiger partial charge in [-0.2, -0.15) is 0 Å². The van der Waals surface area contributed by atoms with E-state index in [1.165, 1.54) is 22.5 Å². The second-order valence-corrected chi connectivity index (χ2v) is 5.67. The van der Waals surface area contributed by atoms with Gasteiger partial charge in [0.05, 0.1) is 0 Å². The Kier molecular flexibility index (Phi) is 7.28. The van der Waals surface area contributed by atoms with Crippen LogP contribution in [0.25, 0.3) is 0 Å². The molecular formula is C14H19ClN4OS. The number of halogens is 1. The van der Waals surface area contributed by atoms with E-state index < -0.39 is 0 Å². The van der Waals surface area contributed by atoms with Crippen molar-refractivity contribution in [3.8, 4) is 0 Å². The van der Waals surface area contributed by atoms with E-state index in [0.29, 0.717) is 24.5 Å². The Labute approximate surface area is 134 Å². The highest BCUT2D eigenvalue weighted by molar-refractivity contribution is 7.15. The summed E-state index contributed by atoms with van der Waals surface area (Å²) in [7, 11) is 0. The molecule has 0 bridgehead atoms. The quantitative estimate of drug-likeness (QED) is 0.854. The van der Waals surface area contributed by atoms with Gasteiger partial charge >= 0.3 is 0 Å². The molecule has 0 unspecified atom stereocenters. The first-order valence-electron chi connectivity index (χ1n) is 6.55. The van der Waals surface area contributed by atoms with Crippen molar-refractivity contribution < 1.29 is 4.79 Å². The summed E-state index contributed by atoms with van der Waals surface area (Å²) in [6.07, 6.45) is 1.83. The molecule has 0 aliphatic carbocycles. The number of amides is 1. The van der Waals surface area contributed by atoms with Crippen LogP contribution in [0.3, 0.4) is 0 Å². The predicted octanol–water partition coefficient (Wildman–Crippen LogP) is 2.54. The second kappa shape index (κ2) is 8.71. The summed E-state index contributed by atoms with van der Waals surface area (Å²) in [5.74, 6) is -0.0616. The number of nitrogens with zero attached hydrogens (tertiary/aromatic N) is 2. The predicted molar refractivity (Wildman–Crippen MR) is 88.1 cm³/mol. The van der Waals surface area contributed by atoms with Crippen molar-refractivity contribution >= 4 is 34.8 Å². The van der Waals surface area contributed by atoms with E-state index in [1.54, 1.807) is 0 Å². The third-order valence-electron chi connectivity index (χ3n) is 2.80. The van der Waals surface area contributed by atoms with Crippen molar-refractivity contribution in [1.29, 1.82) is 0 Å². The lowest BCUT2D eigenvalue weighted by molar-refractivity contribution is -0.116. The molecule has 0 fully saturated rings. The largest absolute Gasteiger partial charge is 0.330 e. The van der Waals surface area contributed by atoms with Crippen molar-refractivity contribution in [1.82, 2.24) is 10.2 Å². The molecule has 1 heterocycles. The molecule has 1 aromatic heterocycles. The molecule has 0 spiro atoms. The standard InChI is InChI=1S/C14H18N4OS.ClH/c1-10-4-6-11(7-5-10)9-13-17-18-14(20-13)16-12(19)3-2-8-15;/h4-7H,2-3,8-9,15H2,1H3,(H,16,18,19);1H. The molecule has 7 heteroatoms. The third-order valence-corrected chi connectivity index (χ3v) is 3.64. The van der Waals surface area contributed by atoms with Crippen LogP contribution in [-0.4, -0.2) is 22.6 Å². The van der Waals surface area contributed by atoms with Gasteiger partial charge in [0.1, 0.15) is 5.01 Å². The maximum absolute atomic E-state index is 11.5.